The molecule has 1 aliphatic heterocycles. The summed E-state index contributed by atoms with van der Waals surface area (Å²) in [5.41, 5.74) is 4.06. The van der Waals surface area contributed by atoms with Crippen molar-refractivity contribution in [2.75, 3.05) is 17.7 Å². The molecule has 2 aromatic heterocycles. The number of carbonyl (C=O) groups excluding carboxylic acids is 1. The van der Waals surface area contributed by atoms with Crippen LogP contribution in [0.3, 0.4) is 0 Å². The molecule has 1 aromatic carbocycles. The molecule has 30 heavy (non-hydrogen) atoms. The monoisotopic (exact) mass is 426 g/mol. The fraction of sp³-hybridized carbons (Fsp3) is 0.409. The van der Waals surface area contributed by atoms with Gasteiger partial charge in [-0.15, -0.1) is 10.2 Å². The molecule has 4 rings (SSSR count). The standard InChI is InChI=1S/C22H26N4O3S/c1-14-6-7-17(11-15(14)2)23-20(27)13-30-22-25-24-21(19-8-10-28-16(19)3)26(22)12-18-5-4-9-29-18/h6-8,10-11,18H,4-5,9,12-13H2,1-3H3,(H,23,27)/t18-/m0/s1. The highest BCUT2D eigenvalue weighted by Crippen LogP contribution is 2.29. The van der Waals surface area contributed by atoms with Crippen LogP contribution in [0.1, 0.15) is 29.7 Å². The maximum atomic E-state index is 12.5. The van der Waals surface area contributed by atoms with Crippen LogP contribution in [0.5, 0.6) is 0 Å². The average molecular weight is 427 g/mol. The lowest BCUT2D eigenvalue weighted by atomic mass is 10.1. The summed E-state index contributed by atoms with van der Waals surface area (Å²) >= 11 is 1.38. The van der Waals surface area contributed by atoms with Crippen molar-refractivity contribution in [3.63, 3.8) is 0 Å². The maximum absolute atomic E-state index is 12.5. The Labute approximate surface area is 180 Å². The number of rotatable bonds is 7. The number of furan rings is 1. The minimum atomic E-state index is -0.0732. The molecule has 8 heteroatoms. The number of amides is 1. The average Bonchev–Trinajstić information content (AvgIpc) is 3.46. The lowest BCUT2D eigenvalue weighted by molar-refractivity contribution is -0.113. The molecule has 1 aliphatic rings. The summed E-state index contributed by atoms with van der Waals surface area (Å²) in [7, 11) is 0. The zero-order valence-corrected chi connectivity index (χ0v) is 18.3. The molecule has 1 atom stereocenters. The van der Waals surface area contributed by atoms with Gasteiger partial charge in [0.15, 0.2) is 11.0 Å². The third-order valence-corrected chi connectivity index (χ3v) is 6.32. The number of aromatic nitrogens is 3. The van der Waals surface area contributed by atoms with E-state index in [9.17, 15) is 4.79 Å². The van der Waals surface area contributed by atoms with E-state index in [4.69, 9.17) is 9.15 Å². The van der Waals surface area contributed by atoms with E-state index in [0.29, 0.717) is 11.7 Å². The summed E-state index contributed by atoms with van der Waals surface area (Å²) in [5, 5.41) is 12.4. The number of benzene rings is 1. The van der Waals surface area contributed by atoms with Crippen molar-refractivity contribution in [2.24, 2.45) is 0 Å². The Hall–Kier alpha value is -2.58. The van der Waals surface area contributed by atoms with E-state index in [-0.39, 0.29) is 17.8 Å². The van der Waals surface area contributed by atoms with Gasteiger partial charge >= 0.3 is 0 Å². The highest BCUT2D eigenvalue weighted by Gasteiger charge is 2.23. The van der Waals surface area contributed by atoms with Crippen LogP contribution in [0.25, 0.3) is 11.4 Å². The van der Waals surface area contributed by atoms with Crippen LogP contribution < -0.4 is 5.32 Å². The number of hydrogen-bond donors (Lipinski definition) is 1. The number of ether oxygens (including phenoxy) is 1. The summed E-state index contributed by atoms with van der Waals surface area (Å²) in [4.78, 5) is 12.5. The second-order valence-corrected chi connectivity index (χ2v) is 8.52. The lowest BCUT2D eigenvalue weighted by Gasteiger charge is -2.14. The van der Waals surface area contributed by atoms with Gasteiger partial charge in [0.1, 0.15) is 5.76 Å². The zero-order valence-electron chi connectivity index (χ0n) is 17.5. The normalized spacial score (nSPS) is 16.2. The van der Waals surface area contributed by atoms with Gasteiger partial charge in [0.25, 0.3) is 0 Å². The van der Waals surface area contributed by atoms with Gasteiger partial charge < -0.3 is 14.5 Å². The third kappa shape index (κ3) is 4.60. The molecule has 0 spiro atoms. The van der Waals surface area contributed by atoms with Crippen LogP contribution in [0.2, 0.25) is 0 Å². The first-order valence-corrected chi connectivity index (χ1v) is 11.1. The van der Waals surface area contributed by atoms with E-state index in [1.54, 1.807) is 6.26 Å². The smallest absolute Gasteiger partial charge is 0.234 e. The number of thioether (sulfide) groups is 1. The number of hydrogen-bond acceptors (Lipinski definition) is 6. The van der Waals surface area contributed by atoms with Crippen LogP contribution in [0.4, 0.5) is 5.69 Å². The van der Waals surface area contributed by atoms with Crippen molar-refractivity contribution in [2.45, 2.75) is 51.4 Å². The van der Waals surface area contributed by atoms with Crippen molar-refractivity contribution in [3.8, 4) is 11.4 Å². The molecule has 7 nitrogen and oxygen atoms in total. The van der Waals surface area contributed by atoms with Crippen molar-refractivity contribution in [1.29, 1.82) is 0 Å². The van der Waals surface area contributed by atoms with E-state index in [1.165, 1.54) is 17.3 Å². The van der Waals surface area contributed by atoms with E-state index in [0.717, 1.165) is 47.8 Å². The largest absolute Gasteiger partial charge is 0.469 e. The minimum absolute atomic E-state index is 0.0732. The van der Waals surface area contributed by atoms with Crippen LogP contribution in [0, 0.1) is 20.8 Å². The van der Waals surface area contributed by atoms with Gasteiger partial charge in [0.05, 0.1) is 30.2 Å². The topological polar surface area (TPSA) is 82.2 Å². The molecule has 0 aliphatic carbocycles. The highest BCUT2D eigenvalue weighted by molar-refractivity contribution is 7.99. The molecule has 0 unspecified atom stereocenters. The van der Waals surface area contributed by atoms with Gasteiger partial charge in [0, 0.05) is 12.3 Å². The Bertz CT molecular complexity index is 1040. The Morgan fingerprint density at radius 1 is 1.23 bits per heavy atom. The Morgan fingerprint density at radius 3 is 2.80 bits per heavy atom. The number of carbonyl (C=O) groups is 1. The predicted molar refractivity (Wildman–Crippen MR) is 117 cm³/mol. The van der Waals surface area contributed by atoms with Crippen molar-refractivity contribution < 1.29 is 13.9 Å². The van der Waals surface area contributed by atoms with Gasteiger partial charge in [-0.2, -0.15) is 0 Å². The lowest BCUT2D eigenvalue weighted by Crippen LogP contribution is -2.18. The molecule has 3 heterocycles. The number of aryl methyl sites for hydroxylation is 3. The predicted octanol–water partition coefficient (Wildman–Crippen LogP) is 4.37. The summed E-state index contributed by atoms with van der Waals surface area (Å²) in [6.07, 6.45) is 3.86. The van der Waals surface area contributed by atoms with Crippen LogP contribution >= 0.6 is 11.8 Å². The molecule has 0 radical (unpaired) electrons. The number of nitrogens with zero attached hydrogens (tertiary/aromatic N) is 3. The first kappa shape index (κ1) is 20.7. The van der Waals surface area contributed by atoms with Gasteiger partial charge in [-0.1, -0.05) is 17.8 Å². The number of nitrogens with one attached hydrogen (secondary N) is 1. The summed E-state index contributed by atoms with van der Waals surface area (Å²) in [5.74, 6) is 1.71. The molecule has 1 amide bonds. The Balaban J connectivity index is 1.48. The van der Waals surface area contributed by atoms with Gasteiger partial charge in [-0.3, -0.25) is 9.36 Å². The van der Waals surface area contributed by atoms with E-state index in [2.05, 4.69) is 22.4 Å². The maximum Gasteiger partial charge on any atom is 0.234 e. The molecule has 1 N–H and O–H groups in total. The molecule has 1 fully saturated rings. The Kier molecular flexibility index (Phi) is 6.24. The minimum Gasteiger partial charge on any atom is -0.469 e. The van der Waals surface area contributed by atoms with Crippen LogP contribution in [0.15, 0.2) is 40.1 Å². The second kappa shape index (κ2) is 9.06. The van der Waals surface area contributed by atoms with E-state index < -0.39 is 0 Å². The molecule has 158 valence electrons. The zero-order chi connectivity index (χ0) is 21.1. The summed E-state index contributed by atoms with van der Waals surface area (Å²) < 4.78 is 13.3. The van der Waals surface area contributed by atoms with Crippen molar-refractivity contribution >= 4 is 23.4 Å². The Morgan fingerprint density at radius 2 is 2.10 bits per heavy atom. The molecule has 0 bridgehead atoms. The quantitative estimate of drug-likeness (QED) is 0.565. The third-order valence-electron chi connectivity index (χ3n) is 5.35. The SMILES string of the molecule is Cc1ccc(NC(=O)CSc2nnc(-c3ccoc3C)n2C[C@@H]2CCCO2)cc1C. The van der Waals surface area contributed by atoms with Crippen molar-refractivity contribution in [3.05, 3.63) is 47.4 Å². The van der Waals surface area contributed by atoms with Gasteiger partial charge in [0.2, 0.25) is 5.91 Å². The molecule has 3 aromatic rings. The number of anilines is 1. The fourth-order valence-corrected chi connectivity index (χ4v) is 4.26. The first-order valence-electron chi connectivity index (χ1n) is 10.1. The molecular weight excluding hydrogens is 400 g/mol. The van der Waals surface area contributed by atoms with Crippen LogP contribution in [-0.4, -0.2) is 39.1 Å². The fourth-order valence-electron chi connectivity index (χ4n) is 3.51. The van der Waals surface area contributed by atoms with Crippen molar-refractivity contribution in [1.82, 2.24) is 14.8 Å². The summed E-state index contributed by atoms with van der Waals surface area (Å²) in [6.45, 7) is 7.44. The van der Waals surface area contributed by atoms with Gasteiger partial charge in [-0.25, -0.2) is 0 Å². The second-order valence-electron chi connectivity index (χ2n) is 7.58. The van der Waals surface area contributed by atoms with Crippen LogP contribution in [-0.2, 0) is 16.1 Å². The van der Waals surface area contributed by atoms with E-state index >= 15 is 0 Å². The molecular formula is C22H26N4O3S. The van der Waals surface area contributed by atoms with Gasteiger partial charge in [-0.05, 0) is 62.9 Å². The highest BCUT2D eigenvalue weighted by atomic mass is 32.2. The molecule has 0 saturated carbocycles. The molecule has 1 saturated heterocycles. The first-order chi connectivity index (χ1) is 14.5. The van der Waals surface area contributed by atoms with E-state index in [1.807, 2.05) is 42.7 Å². The summed E-state index contributed by atoms with van der Waals surface area (Å²) in [6, 6.07) is 7.81.